The van der Waals surface area contributed by atoms with E-state index >= 15 is 0 Å². The first kappa shape index (κ1) is 23.7. The number of nitrogens with one attached hydrogen (secondary N) is 1. The van der Waals surface area contributed by atoms with E-state index < -0.39 is 0 Å². The maximum atomic E-state index is 12.6. The van der Waals surface area contributed by atoms with E-state index in [9.17, 15) is 10.1 Å². The first-order valence-corrected chi connectivity index (χ1v) is 11.8. The van der Waals surface area contributed by atoms with Gasteiger partial charge in [0.15, 0.2) is 0 Å². The van der Waals surface area contributed by atoms with Gasteiger partial charge in [0, 0.05) is 44.5 Å². The zero-order valence-corrected chi connectivity index (χ0v) is 20.1. The van der Waals surface area contributed by atoms with Crippen LogP contribution in [-0.4, -0.2) is 60.2 Å². The number of hydrogen-bond donors (Lipinski definition) is 1. The number of carbonyl (C=O) groups is 1. The second-order valence-electron chi connectivity index (χ2n) is 9.25. The molecule has 1 saturated carbocycles. The fourth-order valence-corrected chi connectivity index (χ4v) is 4.49. The Kier molecular flexibility index (Phi) is 7.13. The SMILES string of the molecule is C=Cc1cc(Nc2cc(C#N)c(N3CCN(C(=O)COC)[C@H](C(C)C)C3)nc2C2CC2)ccn1. The number of piperazine rings is 1. The van der Waals surface area contributed by atoms with E-state index in [1.165, 1.54) is 0 Å². The number of ether oxygens (including phenoxy) is 1. The first-order chi connectivity index (χ1) is 16.4. The third-order valence-electron chi connectivity index (χ3n) is 6.46. The number of pyridine rings is 2. The summed E-state index contributed by atoms with van der Waals surface area (Å²) < 4.78 is 5.08. The third kappa shape index (κ3) is 5.05. The highest BCUT2D eigenvalue weighted by molar-refractivity contribution is 5.78. The van der Waals surface area contributed by atoms with Crippen molar-refractivity contribution < 1.29 is 9.53 Å². The summed E-state index contributed by atoms with van der Waals surface area (Å²) in [7, 11) is 1.54. The van der Waals surface area contributed by atoms with Crippen molar-refractivity contribution in [1.29, 1.82) is 5.26 Å². The molecular weight excluding hydrogens is 428 g/mol. The number of carbonyl (C=O) groups excluding carboxylic acids is 1. The largest absolute Gasteiger partial charge is 0.375 e. The van der Waals surface area contributed by atoms with Crippen LogP contribution in [0.4, 0.5) is 17.2 Å². The van der Waals surface area contributed by atoms with Crippen molar-refractivity contribution in [3.63, 3.8) is 0 Å². The summed E-state index contributed by atoms with van der Waals surface area (Å²) in [5.74, 6) is 1.37. The maximum absolute atomic E-state index is 12.6. The van der Waals surface area contributed by atoms with Gasteiger partial charge in [0.25, 0.3) is 0 Å². The van der Waals surface area contributed by atoms with Crippen LogP contribution in [0.2, 0.25) is 0 Å². The lowest BCUT2D eigenvalue weighted by Crippen LogP contribution is -2.58. The second-order valence-corrected chi connectivity index (χ2v) is 9.25. The van der Waals surface area contributed by atoms with Crippen molar-refractivity contribution in [3.8, 4) is 6.07 Å². The van der Waals surface area contributed by atoms with Crippen molar-refractivity contribution in [1.82, 2.24) is 14.9 Å². The van der Waals surface area contributed by atoms with Crippen LogP contribution in [0.25, 0.3) is 6.08 Å². The third-order valence-corrected chi connectivity index (χ3v) is 6.46. The van der Waals surface area contributed by atoms with E-state index in [0.717, 1.165) is 35.6 Å². The molecule has 2 aromatic rings. The topological polar surface area (TPSA) is 94.4 Å². The molecule has 1 N–H and O–H groups in total. The lowest BCUT2D eigenvalue weighted by atomic mass is 9.99. The number of methoxy groups -OCH3 is 1. The molecule has 8 heteroatoms. The predicted octanol–water partition coefficient (Wildman–Crippen LogP) is 3.93. The smallest absolute Gasteiger partial charge is 0.248 e. The molecule has 3 heterocycles. The molecule has 8 nitrogen and oxygen atoms in total. The standard InChI is InChI=1S/C26H32N6O2/c1-5-20-13-21(8-9-28-20)29-22-12-19(14-27)26(30-25(22)18-6-7-18)31-10-11-32(24(33)16-34-4)23(15-31)17(2)3/h5,8-9,12-13,17-18,23H,1,6-7,10-11,15-16H2,2-4H3,(H,28,29)/t23-/m0/s1. The van der Waals surface area contributed by atoms with Crippen molar-refractivity contribution >= 4 is 29.2 Å². The van der Waals surface area contributed by atoms with Gasteiger partial charge < -0.3 is 19.9 Å². The molecule has 2 aliphatic rings. The Labute approximate surface area is 201 Å². The van der Waals surface area contributed by atoms with E-state index in [-0.39, 0.29) is 24.5 Å². The van der Waals surface area contributed by atoms with Crippen LogP contribution in [0.15, 0.2) is 31.0 Å². The molecule has 1 aliphatic carbocycles. The molecule has 4 rings (SSSR count). The van der Waals surface area contributed by atoms with Gasteiger partial charge in [-0.15, -0.1) is 0 Å². The van der Waals surface area contributed by atoms with Gasteiger partial charge in [-0.25, -0.2) is 4.98 Å². The van der Waals surface area contributed by atoms with Crippen molar-refractivity contribution in [3.05, 3.63) is 47.9 Å². The van der Waals surface area contributed by atoms with Crippen molar-refractivity contribution in [2.24, 2.45) is 5.92 Å². The summed E-state index contributed by atoms with van der Waals surface area (Å²) in [6, 6.07) is 8.12. The molecule has 2 aromatic heterocycles. The van der Waals surface area contributed by atoms with Crippen molar-refractivity contribution in [2.45, 2.75) is 38.6 Å². The summed E-state index contributed by atoms with van der Waals surface area (Å²) in [5, 5.41) is 13.5. The number of anilines is 3. The van der Waals surface area contributed by atoms with Gasteiger partial charge in [-0.3, -0.25) is 9.78 Å². The summed E-state index contributed by atoms with van der Waals surface area (Å²) in [6.07, 6.45) is 5.63. The van der Waals surface area contributed by atoms with E-state index in [2.05, 4.69) is 41.7 Å². The van der Waals surface area contributed by atoms with Gasteiger partial charge in [0.05, 0.1) is 28.7 Å². The molecule has 0 bridgehead atoms. The zero-order chi connectivity index (χ0) is 24.2. The second kappa shape index (κ2) is 10.2. The first-order valence-electron chi connectivity index (χ1n) is 11.8. The Morgan fingerprint density at radius 2 is 2.18 bits per heavy atom. The summed E-state index contributed by atoms with van der Waals surface area (Å²) in [4.78, 5) is 26.0. The maximum Gasteiger partial charge on any atom is 0.248 e. The molecule has 0 unspecified atom stereocenters. The van der Waals surface area contributed by atoms with E-state index in [0.29, 0.717) is 36.9 Å². The Hall–Kier alpha value is -3.44. The molecule has 34 heavy (non-hydrogen) atoms. The minimum absolute atomic E-state index is 0.00350. The fourth-order valence-electron chi connectivity index (χ4n) is 4.49. The van der Waals surface area contributed by atoms with Crippen LogP contribution in [-0.2, 0) is 9.53 Å². The van der Waals surface area contributed by atoms with Crippen LogP contribution in [0.1, 0.15) is 49.6 Å². The lowest BCUT2D eigenvalue weighted by molar-refractivity contribution is -0.139. The highest BCUT2D eigenvalue weighted by atomic mass is 16.5. The minimum atomic E-state index is 0.00350. The molecule has 1 amide bonds. The van der Waals surface area contributed by atoms with Gasteiger partial charge in [-0.05, 0) is 43.0 Å². The van der Waals surface area contributed by atoms with Crippen LogP contribution in [0, 0.1) is 17.2 Å². The van der Waals surface area contributed by atoms with Crippen LogP contribution in [0.5, 0.6) is 0 Å². The molecule has 1 atom stereocenters. The summed E-state index contributed by atoms with van der Waals surface area (Å²) in [5.41, 5.74) is 4.05. The zero-order valence-electron chi connectivity index (χ0n) is 20.1. The highest BCUT2D eigenvalue weighted by Gasteiger charge is 2.35. The Morgan fingerprint density at radius 3 is 2.82 bits per heavy atom. The number of nitriles is 1. The number of nitrogens with zero attached hydrogens (tertiary/aromatic N) is 5. The van der Waals surface area contributed by atoms with E-state index in [1.807, 2.05) is 23.1 Å². The quantitative estimate of drug-likeness (QED) is 0.638. The summed E-state index contributed by atoms with van der Waals surface area (Å²) in [6.45, 7) is 9.96. The molecule has 178 valence electrons. The highest BCUT2D eigenvalue weighted by Crippen LogP contribution is 2.44. The average Bonchev–Trinajstić information content (AvgIpc) is 3.69. The Balaban J connectivity index is 1.65. The van der Waals surface area contributed by atoms with Crippen LogP contribution >= 0.6 is 0 Å². The van der Waals surface area contributed by atoms with Gasteiger partial charge in [0.1, 0.15) is 18.5 Å². The monoisotopic (exact) mass is 460 g/mol. The molecule has 1 aliphatic heterocycles. The predicted molar refractivity (Wildman–Crippen MR) is 133 cm³/mol. The Bertz CT molecular complexity index is 1100. The fraction of sp³-hybridized carbons (Fsp3) is 0.462. The van der Waals surface area contributed by atoms with Crippen LogP contribution < -0.4 is 10.2 Å². The molecule has 1 saturated heterocycles. The van der Waals surface area contributed by atoms with Gasteiger partial charge >= 0.3 is 0 Å². The lowest BCUT2D eigenvalue weighted by Gasteiger charge is -2.44. The number of amides is 1. The van der Waals surface area contributed by atoms with Gasteiger partial charge in [0.2, 0.25) is 5.91 Å². The normalized spacial score (nSPS) is 18.0. The van der Waals surface area contributed by atoms with Gasteiger partial charge in [-0.2, -0.15) is 5.26 Å². The molecule has 0 spiro atoms. The van der Waals surface area contributed by atoms with Gasteiger partial charge in [-0.1, -0.05) is 20.4 Å². The molecule has 2 fully saturated rings. The molecular formula is C26H32N6O2. The van der Waals surface area contributed by atoms with E-state index in [4.69, 9.17) is 9.72 Å². The number of hydrogen-bond acceptors (Lipinski definition) is 7. The minimum Gasteiger partial charge on any atom is -0.375 e. The number of rotatable bonds is 8. The average molecular weight is 461 g/mol. The summed E-state index contributed by atoms with van der Waals surface area (Å²) >= 11 is 0. The van der Waals surface area contributed by atoms with E-state index in [1.54, 1.807) is 19.4 Å². The van der Waals surface area contributed by atoms with Crippen LogP contribution in [0.3, 0.4) is 0 Å². The van der Waals surface area contributed by atoms with Crippen molar-refractivity contribution in [2.75, 3.05) is 43.6 Å². The molecule has 0 aromatic carbocycles. The Morgan fingerprint density at radius 1 is 1.38 bits per heavy atom. The molecule has 0 radical (unpaired) electrons. The number of aromatic nitrogens is 2.